The van der Waals surface area contributed by atoms with Crippen molar-refractivity contribution in [3.8, 4) is 17.5 Å². The standard InChI is InChI=1S/C17H20ClN3O3/c1-11(2)7-8-24-14-9-12(5-6-13(14)18)19-17-20-15(22-3)10-16(21-17)23-4/h5-7,9-10H,8H2,1-4H3,(H,19,20,21). The van der Waals surface area contributed by atoms with Crippen LogP contribution in [0.5, 0.6) is 17.5 Å². The number of benzene rings is 1. The van der Waals surface area contributed by atoms with Crippen molar-refractivity contribution in [3.63, 3.8) is 0 Å². The number of nitrogens with one attached hydrogen (secondary N) is 1. The van der Waals surface area contributed by atoms with Gasteiger partial charge >= 0.3 is 0 Å². The van der Waals surface area contributed by atoms with Crippen molar-refractivity contribution in [2.75, 3.05) is 26.1 Å². The molecule has 2 aromatic rings. The van der Waals surface area contributed by atoms with Crippen LogP contribution >= 0.6 is 11.6 Å². The van der Waals surface area contributed by atoms with Gasteiger partial charge in [0.1, 0.15) is 12.4 Å². The SMILES string of the molecule is COc1cc(OC)nc(Nc2ccc(Cl)c(OCC=C(C)C)c2)n1. The minimum atomic E-state index is 0.351. The molecule has 0 radical (unpaired) electrons. The van der Waals surface area contributed by atoms with Crippen LogP contribution in [0.3, 0.4) is 0 Å². The predicted molar refractivity (Wildman–Crippen MR) is 94.8 cm³/mol. The Labute approximate surface area is 146 Å². The zero-order valence-electron chi connectivity index (χ0n) is 14.1. The Morgan fingerprint density at radius 3 is 2.38 bits per heavy atom. The van der Waals surface area contributed by atoms with E-state index in [0.717, 1.165) is 5.69 Å². The molecule has 128 valence electrons. The first kappa shape index (κ1) is 17.9. The number of ether oxygens (including phenoxy) is 3. The molecule has 0 spiro atoms. The first-order chi connectivity index (χ1) is 11.5. The maximum atomic E-state index is 6.17. The Balaban J connectivity index is 2.19. The van der Waals surface area contributed by atoms with Crippen LogP contribution in [0.2, 0.25) is 5.02 Å². The molecule has 0 aliphatic carbocycles. The predicted octanol–water partition coefficient (Wildman–Crippen LogP) is 4.24. The molecule has 0 saturated carbocycles. The average molecular weight is 350 g/mol. The molecule has 0 bridgehead atoms. The highest BCUT2D eigenvalue weighted by molar-refractivity contribution is 6.32. The summed E-state index contributed by atoms with van der Waals surface area (Å²) in [5.41, 5.74) is 1.92. The Kier molecular flexibility index (Phi) is 6.26. The summed E-state index contributed by atoms with van der Waals surface area (Å²) in [7, 11) is 3.06. The molecule has 0 fully saturated rings. The van der Waals surface area contributed by atoms with Gasteiger partial charge in [0.25, 0.3) is 0 Å². The molecule has 2 rings (SSSR count). The van der Waals surface area contributed by atoms with Gasteiger partial charge in [-0.05, 0) is 32.1 Å². The Morgan fingerprint density at radius 1 is 1.12 bits per heavy atom. The molecule has 6 nitrogen and oxygen atoms in total. The van der Waals surface area contributed by atoms with Crippen LogP contribution in [-0.4, -0.2) is 30.8 Å². The van der Waals surface area contributed by atoms with Gasteiger partial charge in [0.2, 0.25) is 17.7 Å². The van der Waals surface area contributed by atoms with Crippen molar-refractivity contribution >= 4 is 23.2 Å². The maximum absolute atomic E-state index is 6.17. The lowest BCUT2D eigenvalue weighted by Crippen LogP contribution is -2.02. The van der Waals surface area contributed by atoms with E-state index in [2.05, 4.69) is 15.3 Å². The van der Waals surface area contributed by atoms with E-state index >= 15 is 0 Å². The van der Waals surface area contributed by atoms with Crippen molar-refractivity contribution in [2.45, 2.75) is 13.8 Å². The van der Waals surface area contributed by atoms with Gasteiger partial charge in [-0.3, -0.25) is 0 Å². The Hall–Kier alpha value is -2.47. The highest BCUT2D eigenvalue weighted by Gasteiger charge is 2.08. The smallest absolute Gasteiger partial charge is 0.233 e. The number of methoxy groups -OCH3 is 2. The van der Waals surface area contributed by atoms with Crippen LogP contribution in [-0.2, 0) is 0 Å². The summed E-state index contributed by atoms with van der Waals surface area (Å²) in [5.74, 6) is 1.73. The van der Waals surface area contributed by atoms with Crippen LogP contribution < -0.4 is 19.5 Å². The molecule has 24 heavy (non-hydrogen) atoms. The van der Waals surface area contributed by atoms with Crippen LogP contribution in [0.15, 0.2) is 35.9 Å². The van der Waals surface area contributed by atoms with Crippen molar-refractivity contribution in [1.29, 1.82) is 0 Å². The molecule has 0 saturated heterocycles. The summed E-state index contributed by atoms with van der Waals surface area (Å²) in [6.07, 6.45) is 1.98. The van der Waals surface area contributed by atoms with Gasteiger partial charge < -0.3 is 19.5 Å². The van der Waals surface area contributed by atoms with Gasteiger partial charge in [0.15, 0.2) is 0 Å². The normalized spacial score (nSPS) is 10.0. The molecule has 0 aliphatic rings. The summed E-state index contributed by atoms with van der Waals surface area (Å²) in [4.78, 5) is 8.45. The third kappa shape index (κ3) is 5.03. The van der Waals surface area contributed by atoms with E-state index < -0.39 is 0 Å². The third-order valence-electron chi connectivity index (χ3n) is 3.02. The number of hydrogen-bond acceptors (Lipinski definition) is 6. The topological polar surface area (TPSA) is 65.5 Å². The van der Waals surface area contributed by atoms with Gasteiger partial charge in [-0.1, -0.05) is 17.2 Å². The molecule has 0 atom stereocenters. The quantitative estimate of drug-likeness (QED) is 0.754. The van der Waals surface area contributed by atoms with E-state index in [9.17, 15) is 0 Å². The Bertz CT molecular complexity index is 709. The average Bonchev–Trinajstić information content (AvgIpc) is 2.57. The molecule has 1 N–H and O–H groups in total. The minimum absolute atomic E-state index is 0.351. The monoisotopic (exact) mass is 349 g/mol. The lowest BCUT2D eigenvalue weighted by molar-refractivity contribution is 0.362. The van der Waals surface area contributed by atoms with Gasteiger partial charge in [-0.25, -0.2) is 0 Å². The van der Waals surface area contributed by atoms with E-state index in [1.807, 2.05) is 26.0 Å². The summed E-state index contributed by atoms with van der Waals surface area (Å²) < 4.78 is 15.9. The summed E-state index contributed by atoms with van der Waals surface area (Å²) in [5, 5.41) is 3.62. The second-order valence-electron chi connectivity index (χ2n) is 5.14. The second-order valence-corrected chi connectivity index (χ2v) is 5.55. The number of hydrogen-bond donors (Lipinski definition) is 1. The van der Waals surface area contributed by atoms with Crippen LogP contribution in [0.25, 0.3) is 0 Å². The van der Waals surface area contributed by atoms with E-state index in [1.54, 1.807) is 18.2 Å². The van der Waals surface area contributed by atoms with Crippen molar-refractivity contribution in [3.05, 3.63) is 40.9 Å². The molecule has 0 unspecified atom stereocenters. The molecule has 1 heterocycles. The van der Waals surface area contributed by atoms with Crippen LogP contribution in [0.1, 0.15) is 13.8 Å². The summed E-state index contributed by atoms with van der Waals surface area (Å²) in [6, 6.07) is 6.95. The number of nitrogens with zero attached hydrogens (tertiary/aromatic N) is 2. The fourth-order valence-electron chi connectivity index (χ4n) is 1.79. The maximum Gasteiger partial charge on any atom is 0.233 e. The van der Waals surface area contributed by atoms with Gasteiger partial charge in [-0.2, -0.15) is 9.97 Å². The fraction of sp³-hybridized carbons (Fsp3) is 0.294. The zero-order valence-corrected chi connectivity index (χ0v) is 14.8. The molecular weight excluding hydrogens is 330 g/mol. The molecule has 7 heteroatoms. The summed E-state index contributed by atoms with van der Waals surface area (Å²) in [6.45, 7) is 4.47. The second kappa shape index (κ2) is 8.40. The lowest BCUT2D eigenvalue weighted by Gasteiger charge is -2.11. The van der Waals surface area contributed by atoms with Gasteiger partial charge in [0, 0.05) is 11.8 Å². The molecule has 1 aromatic carbocycles. The lowest BCUT2D eigenvalue weighted by atomic mass is 10.3. The molecule has 0 aliphatic heterocycles. The van der Waals surface area contributed by atoms with E-state index in [0.29, 0.717) is 35.1 Å². The van der Waals surface area contributed by atoms with E-state index in [4.69, 9.17) is 25.8 Å². The fourth-order valence-corrected chi connectivity index (χ4v) is 1.96. The van der Waals surface area contributed by atoms with Gasteiger partial charge in [0.05, 0.1) is 25.3 Å². The largest absolute Gasteiger partial charge is 0.488 e. The molecular formula is C17H20ClN3O3. The minimum Gasteiger partial charge on any atom is -0.488 e. The van der Waals surface area contributed by atoms with Crippen molar-refractivity contribution in [1.82, 2.24) is 9.97 Å². The Morgan fingerprint density at radius 2 is 1.79 bits per heavy atom. The molecule has 0 amide bonds. The number of rotatable bonds is 7. The number of anilines is 2. The first-order valence-corrected chi connectivity index (χ1v) is 7.69. The van der Waals surface area contributed by atoms with Crippen molar-refractivity contribution in [2.24, 2.45) is 0 Å². The first-order valence-electron chi connectivity index (χ1n) is 7.31. The third-order valence-corrected chi connectivity index (χ3v) is 3.33. The highest BCUT2D eigenvalue weighted by atomic mass is 35.5. The van der Waals surface area contributed by atoms with Crippen LogP contribution in [0.4, 0.5) is 11.6 Å². The number of aromatic nitrogens is 2. The number of allylic oxidation sites excluding steroid dienone is 1. The van der Waals surface area contributed by atoms with Gasteiger partial charge in [-0.15, -0.1) is 0 Å². The molecule has 1 aromatic heterocycles. The zero-order chi connectivity index (χ0) is 17.5. The van der Waals surface area contributed by atoms with Crippen molar-refractivity contribution < 1.29 is 14.2 Å². The van der Waals surface area contributed by atoms with Crippen LogP contribution in [0, 0.1) is 0 Å². The number of halogens is 1. The van der Waals surface area contributed by atoms with E-state index in [1.165, 1.54) is 19.8 Å². The summed E-state index contributed by atoms with van der Waals surface area (Å²) >= 11 is 6.17. The highest BCUT2D eigenvalue weighted by Crippen LogP contribution is 2.29. The van der Waals surface area contributed by atoms with E-state index in [-0.39, 0.29) is 0 Å².